The lowest BCUT2D eigenvalue weighted by Crippen LogP contribution is -2.58. The summed E-state index contributed by atoms with van der Waals surface area (Å²) >= 11 is 0. The minimum absolute atomic E-state index is 0.690. The normalized spacial score (nSPS) is 57.4. The van der Waals surface area contributed by atoms with Crippen molar-refractivity contribution >= 4 is 0 Å². The molecule has 4 saturated carbocycles. The highest BCUT2D eigenvalue weighted by Crippen LogP contribution is 2.70. The van der Waals surface area contributed by atoms with Crippen LogP contribution in [0.25, 0.3) is 0 Å². The molecule has 4 fully saturated rings. The van der Waals surface area contributed by atoms with Gasteiger partial charge < -0.3 is 0 Å². The summed E-state index contributed by atoms with van der Waals surface area (Å²) in [5.74, 6) is 3.30. The van der Waals surface area contributed by atoms with Gasteiger partial charge in [0.25, 0.3) is 0 Å². The van der Waals surface area contributed by atoms with E-state index in [9.17, 15) is 0 Å². The van der Waals surface area contributed by atoms with Gasteiger partial charge in [-0.25, -0.2) is 0 Å². The van der Waals surface area contributed by atoms with Crippen LogP contribution < -0.4 is 0 Å². The van der Waals surface area contributed by atoms with Crippen molar-refractivity contribution in [3.05, 3.63) is 0 Å². The van der Waals surface area contributed by atoms with Gasteiger partial charge in [-0.05, 0) is 73.5 Å². The Kier molecular flexibility index (Phi) is 2.05. The minimum Gasteiger partial charge on any atom is -0.0648 e. The van der Waals surface area contributed by atoms with Crippen molar-refractivity contribution in [2.24, 2.45) is 28.6 Å². The highest BCUT2D eigenvalue weighted by atomic mass is 14.7. The standard InChI is InChI=1S/C15H26/c1-4-14(3)13-7-11-6-12(8-13)10-15(14,5-2)9-11/h11-13H,4-10H2,1-3H3. The first kappa shape index (κ1) is 10.2. The van der Waals surface area contributed by atoms with Crippen LogP contribution in [0.1, 0.15) is 65.7 Å². The Bertz CT molecular complexity index is 253. The van der Waals surface area contributed by atoms with E-state index in [2.05, 4.69) is 20.8 Å². The summed E-state index contributed by atoms with van der Waals surface area (Å²) in [6.45, 7) is 7.53. The molecule has 3 unspecified atom stereocenters. The molecule has 0 amide bonds. The summed E-state index contributed by atoms with van der Waals surface area (Å²) in [7, 11) is 0. The molecule has 0 aliphatic heterocycles. The maximum absolute atomic E-state index is 2.62. The lowest BCUT2D eigenvalue weighted by Gasteiger charge is -2.67. The van der Waals surface area contributed by atoms with E-state index in [1.165, 1.54) is 12.8 Å². The molecule has 0 N–H and O–H groups in total. The van der Waals surface area contributed by atoms with Crippen molar-refractivity contribution in [2.75, 3.05) is 0 Å². The van der Waals surface area contributed by atoms with Crippen molar-refractivity contribution in [1.29, 1.82) is 0 Å². The quantitative estimate of drug-likeness (QED) is 0.617. The lowest BCUT2D eigenvalue weighted by atomic mass is 9.38. The molecule has 0 radical (unpaired) electrons. The maximum Gasteiger partial charge on any atom is -0.0238 e. The SMILES string of the molecule is CCC12CC3CC(CC(C3)C1(C)CC)C2. The molecule has 0 nitrogen and oxygen atoms in total. The molecule has 0 heterocycles. The third-order valence-corrected chi connectivity index (χ3v) is 6.78. The fourth-order valence-corrected chi connectivity index (χ4v) is 5.86. The Balaban J connectivity index is 2.02. The molecule has 4 rings (SSSR count). The first-order valence-electron chi connectivity index (χ1n) is 7.13. The van der Waals surface area contributed by atoms with Gasteiger partial charge in [0.05, 0.1) is 0 Å². The predicted octanol–water partition coefficient (Wildman–Crippen LogP) is 4.64. The monoisotopic (exact) mass is 206 g/mol. The van der Waals surface area contributed by atoms with Crippen molar-refractivity contribution in [3.8, 4) is 0 Å². The zero-order valence-corrected chi connectivity index (χ0v) is 10.7. The molecular formula is C15H26. The Morgan fingerprint density at radius 3 is 2.00 bits per heavy atom. The van der Waals surface area contributed by atoms with Crippen molar-refractivity contribution in [2.45, 2.75) is 65.7 Å². The van der Waals surface area contributed by atoms with Crippen LogP contribution in [-0.2, 0) is 0 Å². The van der Waals surface area contributed by atoms with Gasteiger partial charge in [0.15, 0.2) is 0 Å². The molecule has 0 spiro atoms. The number of hydrogen-bond donors (Lipinski definition) is 0. The second-order valence-corrected chi connectivity index (χ2v) is 6.95. The van der Waals surface area contributed by atoms with Gasteiger partial charge in [0, 0.05) is 0 Å². The molecule has 0 aromatic carbocycles. The largest absolute Gasteiger partial charge is 0.0648 e. The number of hydrogen-bond acceptors (Lipinski definition) is 0. The molecule has 3 atom stereocenters. The molecule has 4 aliphatic rings. The topological polar surface area (TPSA) is 0 Å². The van der Waals surface area contributed by atoms with E-state index in [1.54, 1.807) is 32.1 Å². The molecule has 86 valence electrons. The van der Waals surface area contributed by atoms with Gasteiger partial charge in [-0.15, -0.1) is 0 Å². The van der Waals surface area contributed by atoms with Crippen LogP contribution in [0.15, 0.2) is 0 Å². The highest BCUT2D eigenvalue weighted by molar-refractivity contribution is 5.10. The van der Waals surface area contributed by atoms with Crippen molar-refractivity contribution in [1.82, 2.24) is 0 Å². The molecule has 0 saturated heterocycles. The van der Waals surface area contributed by atoms with Crippen LogP contribution >= 0.6 is 0 Å². The van der Waals surface area contributed by atoms with E-state index < -0.39 is 0 Å². The van der Waals surface area contributed by atoms with Gasteiger partial charge in [0.1, 0.15) is 0 Å². The van der Waals surface area contributed by atoms with Crippen LogP contribution in [0.3, 0.4) is 0 Å². The fourth-order valence-electron chi connectivity index (χ4n) is 5.86. The molecule has 4 aliphatic carbocycles. The van der Waals surface area contributed by atoms with E-state index in [4.69, 9.17) is 0 Å². The summed E-state index contributed by atoms with van der Waals surface area (Å²) in [6.07, 6.45) is 10.7. The van der Waals surface area contributed by atoms with E-state index in [0.717, 1.165) is 23.2 Å². The molecule has 0 aromatic heterocycles. The predicted molar refractivity (Wildman–Crippen MR) is 64.7 cm³/mol. The van der Waals surface area contributed by atoms with Crippen LogP contribution in [-0.4, -0.2) is 0 Å². The van der Waals surface area contributed by atoms with Gasteiger partial charge in [-0.2, -0.15) is 0 Å². The average Bonchev–Trinajstić information content (AvgIpc) is 2.24. The molecule has 15 heavy (non-hydrogen) atoms. The molecule has 0 aromatic rings. The summed E-state index contributed by atoms with van der Waals surface area (Å²) in [5, 5.41) is 0. The van der Waals surface area contributed by atoms with Crippen LogP contribution in [0.4, 0.5) is 0 Å². The summed E-state index contributed by atoms with van der Waals surface area (Å²) in [4.78, 5) is 0. The minimum atomic E-state index is 0.690. The number of rotatable bonds is 2. The Hall–Kier alpha value is 0. The smallest absolute Gasteiger partial charge is 0.0238 e. The molecular weight excluding hydrogens is 180 g/mol. The third-order valence-electron chi connectivity index (χ3n) is 6.78. The van der Waals surface area contributed by atoms with E-state index in [-0.39, 0.29) is 0 Å². The summed E-state index contributed by atoms with van der Waals surface area (Å²) in [5.41, 5.74) is 1.44. The Morgan fingerprint density at radius 1 is 0.933 bits per heavy atom. The van der Waals surface area contributed by atoms with E-state index in [1.807, 2.05) is 0 Å². The van der Waals surface area contributed by atoms with Crippen LogP contribution in [0, 0.1) is 28.6 Å². The first-order chi connectivity index (χ1) is 7.13. The van der Waals surface area contributed by atoms with Crippen molar-refractivity contribution in [3.63, 3.8) is 0 Å². The second kappa shape index (κ2) is 3.02. The van der Waals surface area contributed by atoms with Gasteiger partial charge >= 0.3 is 0 Å². The lowest BCUT2D eigenvalue weighted by molar-refractivity contribution is -0.172. The van der Waals surface area contributed by atoms with Crippen LogP contribution in [0.5, 0.6) is 0 Å². The van der Waals surface area contributed by atoms with Gasteiger partial charge in [-0.1, -0.05) is 20.8 Å². The summed E-state index contributed by atoms with van der Waals surface area (Å²) in [6, 6.07) is 0. The van der Waals surface area contributed by atoms with Gasteiger partial charge in [-0.3, -0.25) is 0 Å². The third kappa shape index (κ3) is 1.09. The van der Waals surface area contributed by atoms with Crippen LogP contribution in [0.2, 0.25) is 0 Å². The zero-order valence-electron chi connectivity index (χ0n) is 10.7. The van der Waals surface area contributed by atoms with Gasteiger partial charge in [0.2, 0.25) is 0 Å². The van der Waals surface area contributed by atoms with Crippen molar-refractivity contribution < 1.29 is 0 Å². The second-order valence-electron chi connectivity index (χ2n) is 6.95. The summed E-state index contributed by atoms with van der Waals surface area (Å²) < 4.78 is 0. The Labute approximate surface area is 94.8 Å². The highest BCUT2D eigenvalue weighted by Gasteiger charge is 2.61. The maximum atomic E-state index is 2.62. The molecule has 0 heteroatoms. The Morgan fingerprint density at radius 2 is 1.53 bits per heavy atom. The van der Waals surface area contributed by atoms with E-state index in [0.29, 0.717) is 5.41 Å². The molecule has 4 bridgehead atoms. The van der Waals surface area contributed by atoms with E-state index >= 15 is 0 Å². The first-order valence-corrected chi connectivity index (χ1v) is 7.13. The average molecular weight is 206 g/mol. The zero-order chi connectivity index (χ0) is 10.7. The fraction of sp³-hybridized carbons (Fsp3) is 1.00.